The van der Waals surface area contributed by atoms with E-state index in [0.717, 1.165) is 24.4 Å². The maximum atomic E-state index is 12.4. The average Bonchev–Trinajstić information content (AvgIpc) is 2.56. The van der Waals surface area contributed by atoms with E-state index < -0.39 is 27.8 Å². The standard InChI is InChI=1S/C14H9BrF2N4O5/c15-9-1-4-13(26-14(16)17)8(5-9)7-18-19-11-3-2-10(20(22)23)6-12(11)21(24)25/h1-7,14,19H/b18-7-. The summed E-state index contributed by atoms with van der Waals surface area (Å²) in [4.78, 5) is 20.1. The van der Waals surface area contributed by atoms with Crippen LogP contribution in [0.5, 0.6) is 5.75 Å². The van der Waals surface area contributed by atoms with Gasteiger partial charge in [0.05, 0.1) is 22.1 Å². The Balaban J connectivity index is 2.27. The Morgan fingerprint density at radius 3 is 2.50 bits per heavy atom. The summed E-state index contributed by atoms with van der Waals surface area (Å²) in [7, 11) is 0. The first kappa shape index (κ1) is 19.2. The van der Waals surface area contributed by atoms with Crippen molar-refractivity contribution >= 4 is 39.2 Å². The molecule has 1 N–H and O–H groups in total. The maximum Gasteiger partial charge on any atom is 0.387 e. The van der Waals surface area contributed by atoms with Gasteiger partial charge >= 0.3 is 12.3 Å². The summed E-state index contributed by atoms with van der Waals surface area (Å²) in [6.07, 6.45) is 1.12. The van der Waals surface area contributed by atoms with Crippen molar-refractivity contribution in [2.75, 3.05) is 5.43 Å². The molecule has 0 spiro atoms. The predicted octanol–water partition coefficient (Wildman–Crippen LogP) is 4.31. The number of nitro benzene ring substituents is 2. The van der Waals surface area contributed by atoms with Crippen molar-refractivity contribution in [2.24, 2.45) is 5.10 Å². The zero-order valence-corrected chi connectivity index (χ0v) is 14.2. The van der Waals surface area contributed by atoms with Gasteiger partial charge in [0.2, 0.25) is 0 Å². The van der Waals surface area contributed by atoms with Crippen molar-refractivity contribution in [3.8, 4) is 5.75 Å². The van der Waals surface area contributed by atoms with E-state index in [2.05, 4.69) is 31.2 Å². The van der Waals surface area contributed by atoms with E-state index in [1.54, 1.807) is 0 Å². The molecule has 0 aliphatic rings. The van der Waals surface area contributed by atoms with Crippen molar-refractivity contribution < 1.29 is 23.4 Å². The third-order valence-electron chi connectivity index (χ3n) is 2.97. The molecule has 2 aromatic carbocycles. The summed E-state index contributed by atoms with van der Waals surface area (Å²) in [5.74, 6) is -0.146. The van der Waals surface area contributed by atoms with Crippen molar-refractivity contribution in [3.05, 3.63) is 66.7 Å². The number of nitro groups is 2. The monoisotopic (exact) mass is 430 g/mol. The number of non-ortho nitro benzene ring substituents is 1. The topological polar surface area (TPSA) is 120 Å². The number of halogens is 3. The average molecular weight is 431 g/mol. The number of ether oxygens (including phenoxy) is 1. The molecule has 12 heteroatoms. The van der Waals surface area contributed by atoms with E-state index in [4.69, 9.17) is 0 Å². The molecule has 136 valence electrons. The normalized spacial score (nSPS) is 10.9. The molecule has 26 heavy (non-hydrogen) atoms. The number of hydrogen-bond acceptors (Lipinski definition) is 7. The number of nitrogens with zero attached hydrogens (tertiary/aromatic N) is 3. The third-order valence-corrected chi connectivity index (χ3v) is 3.46. The zero-order chi connectivity index (χ0) is 19.3. The van der Waals surface area contributed by atoms with Crippen LogP contribution in [0.4, 0.5) is 25.8 Å². The molecule has 0 atom stereocenters. The van der Waals surface area contributed by atoms with Gasteiger partial charge < -0.3 is 4.74 Å². The van der Waals surface area contributed by atoms with Gasteiger partial charge in [-0.15, -0.1) is 0 Å². The Labute approximate surface area is 152 Å². The van der Waals surface area contributed by atoms with Gasteiger partial charge in [-0.05, 0) is 24.3 Å². The number of rotatable bonds is 7. The second-order valence-electron chi connectivity index (χ2n) is 4.65. The van der Waals surface area contributed by atoms with Gasteiger partial charge in [-0.25, -0.2) is 0 Å². The molecule has 0 amide bonds. The lowest BCUT2D eigenvalue weighted by atomic mass is 10.2. The summed E-state index contributed by atoms with van der Waals surface area (Å²) < 4.78 is 29.7. The minimum absolute atomic E-state index is 0.108. The third kappa shape index (κ3) is 4.92. The lowest BCUT2D eigenvalue weighted by Crippen LogP contribution is -2.04. The Hall–Kier alpha value is -3.15. The lowest BCUT2D eigenvalue weighted by Gasteiger charge is -2.08. The van der Waals surface area contributed by atoms with Gasteiger partial charge in [-0.3, -0.25) is 25.7 Å². The molecule has 0 aliphatic carbocycles. The second-order valence-corrected chi connectivity index (χ2v) is 5.56. The smallest absolute Gasteiger partial charge is 0.387 e. The van der Waals surface area contributed by atoms with Crippen LogP contribution in [0.2, 0.25) is 0 Å². The fraction of sp³-hybridized carbons (Fsp3) is 0.0714. The minimum Gasteiger partial charge on any atom is -0.434 e. The molecule has 0 radical (unpaired) electrons. The Kier molecular flexibility index (Phi) is 6.11. The van der Waals surface area contributed by atoms with Crippen molar-refractivity contribution in [2.45, 2.75) is 6.61 Å². The van der Waals surface area contributed by atoms with E-state index in [1.807, 2.05) is 0 Å². The van der Waals surface area contributed by atoms with Crippen LogP contribution in [0.1, 0.15) is 5.56 Å². The largest absolute Gasteiger partial charge is 0.434 e. The van der Waals surface area contributed by atoms with Crippen molar-refractivity contribution in [3.63, 3.8) is 0 Å². The highest BCUT2D eigenvalue weighted by Gasteiger charge is 2.19. The number of hydrogen-bond donors (Lipinski definition) is 1. The van der Waals surface area contributed by atoms with Crippen LogP contribution in [0.25, 0.3) is 0 Å². The van der Waals surface area contributed by atoms with Gasteiger partial charge in [-0.1, -0.05) is 15.9 Å². The molecular weight excluding hydrogens is 422 g/mol. The molecule has 2 rings (SSSR count). The first-order chi connectivity index (χ1) is 12.3. The molecule has 0 fully saturated rings. The molecule has 0 saturated heterocycles. The van der Waals surface area contributed by atoms with Crippen LogP contribution in [0, 0.1) is 20.2 Å². The number of anilines is 1. The maximum absolute atomic E-state index is 12.4. The summed E-state index contributed by atoms with van der Waals surface area (Å²) in [5.41, 5.74) is 1.41. The molecule has 0 unspecified atom stereocenters. The molecule has 0 aliphatic heterocycles. The van der Waals surface area contributed by atoms with Gasteiger partial charge in [0.15, 0.2) is 0 Å². The highest BCUT2D eigenvalue weighted by Crippen LogP contribution is 2.29. The molecule has 2 aromatic rings. The van der Waals surface area contributed by atoms with Crippen molar-refractivity contribution in [1.82, 2.24) is 0 Å². The van der Waals surface area contributed by atoms with Crippen LogP contribution in [0.3, 0.4) is 0 Å². The van der Waals surface area contributed by atoms with Gasteiger partial charge in [0.25, 0.3) is 5.69 Å². The van der Waals surface area contributed by atoms with Crippen LogP contribution < -0.4 is 10.2 Å². The Morgan fingerprint density at radius 2 is 1.88 bits per heavy atom. The highest BCUT2D eigenvalue weighted by molar-refractivity contribution is 9.10. The van der Waals surface area contributed by atoms with Crippen LogP contribution in [-0.4, -0.2) is 22.7 Å². The van der Waals surface area contributed by atoms with Gasteiger partial charge in [0, 0.05) is 16.1 Å². The molecule has 0 bridgehead atoms. The summed E-state index contributed by atoms with van der Waals surface area (Å²) in [6.45, 7) is -3.04. The zero-order valence-electron chi connectivity index (χ0n) is 12.6. The predicted molar refractivity (Wildman–Crippen MR) is 91.7 cm³/mol. The minimum atomic E-state index is -3.04. The number of alkyl halides is 2. The Bertz CT molecular complexity index is 878. The van der Waals surface area contributed by atoms with Crippen LogP contribution in [0.15, 0.2) is 46.0 Å². The van der Waals surface area contributed by atoms with E-state index in [0.29, 0.717) is 4.47 Å². The summed E-state index contributed by atoms with van der Waals surface area (Å²) in [5, 5.41) is 25.5. The summed E-state index contributed by atoms with van der Waals surface area (Å²) in [6, 6.07) is 7.20. The van der Waals surface area contributed by atoms with Gasteiger partial charge in [-0.2, -0.15) is 13.9 Å². The quantitative estimate of drug-likeness (QED) is 0.396. The lowest BCUT2D eigenvalue weighted by molar-refractivity contribution is -0.393. The van der Waals surface area contributed by atoms with E-state index >= 15 is 0 Å². The Morgan fingerprint density at radius 1 is 1.15 bits per heavy atom. The van der Waals surface area contributed by atoms with E-state index in [-0.39, 0.29) is 17.0 Å². The SMILES string of the molecule is O=[N+]([O-])c1ccc(N/N=C\c2cc(Br)ccc2OC(F)F)c([N+](=O)[O-])c1. The molecule has 0 heterocycles. The second kappa shape index (κ2) is 8.29. The highest BCUT2D eigenvalue weighted by atomic mass is 79.9. The van der Waals surface area contributed by atoms with E-state index in [1.165, 1.54) is 18.2 Å². The van der Waals surface area contributed by atoms with Crippen LogP contribution >= 0.6 is 15.9 Å². The van der Waals surface area contributed by atoms with Gasteiger partial charge in [0.1, 0.15) is 11.4 Å². The van der Waals surface area contributed by atoms with Crippen molar-refractivity contribution in [1.29, 1.82) is 0 Å². The molecule has 9 nitrogen and oxygen atoms in total. The first-order valence-corrected chi connectivity index (χ1v) is 7.53. The first-order valence-electron chi connectivity index (χ1n) is 6.74. The fourth-order valence-electron chi connectivity index (χ4n) is 1.87. The number of hydrazone groups is 1. The molecule has 0 aromatic heterocycles. The van der Waals surface area contributed by atoms with E-state index in [9.17, 15) is 29.0 Å². The number of nitrogens with one attached hydrogen (secondary N) is 1. The summed E-state index contributed by atoms with van der Waals surface area (Å²) >= 11 is 3.17. The number of benzene rings is 2. The molecule has 0 saturated carbocycles. The molecular formula is C14H9BrF2N4O5. The van der Waals surface area contributed by atoms with Crippen LogP contribution in [-0.2, 0) is 0 Å². The fourth-order valence-corrected chi connectivity index (χ4v) is 2.25.